The summed E-state index contributed by atoms with van der Waals surface area (Å²) in [7, 11) is 0. The predicted molar refractivity (Wildman–Crippen MR) is 73.0 cm³/mol. The van der Waals surface area contributed by atoms with Crippen LogP contribution in [0.3, 0.4) is 0 Å². The largest absolute Gasteiger partial charge is 0.573 e. The van der Waals surface area contributed by atoms with Gasteiger partial charge in [-0.1, -0.05) is 48.0 Å². The summed E-state index contributed by atoms with van der Waals surface area (Å²) in [5.74, 6) is -0.371. The van der Waals surface area contributed by atoms with Crippen LogP contribution in [-0.2, 0) is 6.42 Å². The van der Waals surface area contributed by atoms with Crippen LogP contribution < -0.4 is 4.74 Å². The number of aliphatic hydroxyl groups excluding tert-OH is 1. The molecule has 0 aliphatic heterocycles. The Balaban J connectivity index is 2.18. The summed E-state index contributed by atoms with van der Waals surface area (Å²) in [5.41, 5.74) is 2.04. The normalized spacial score (nSPS) is 13.0. The molecular formula is C16H15F3O2. The van der Waals surface area contributed by atoms with E-state index in [0.29, 0.717) is 0 Å². The third-order valence-electron chi connectivity index (χ3n) is 3.05. The molecule has 1 atom stereocenters. The van der Waals surface area contributed by atoms with Crippen molar-refractivity contribution < 1.29 is 23.0 Å². The van der Waals surface area contributed by atoms with Crippen LogP contribution in [0, 0.1) is 6.92 Å². The molecule has 2 rings (SSSR count). The Morgan fingerprint density at radius 2 is 1.67 bits per heavy atom. The topological polar surface area (TPSA) is 29.5 Å². The number of hydrogen-bond donors (Lipinski definition) is 1. The summed E-state index contributed by atoms with van der Waals surface area (Å²) in [4.78, 5) is 0. The number of benzene rings is 2. The Morgan fingerprint density at radius 3 is 2.29 bits per heavy atom. The van der Waals surface area contributed by atoms with Crippen molar-refractivity contribution >= 4 is 0 Å². The molecule has 1 N–H and O–H groups in total. The number of aryl methyl sites for hydroxylation is 1. The molecule has 1 unspecified atom stereocenters. The molecule has 0 heterocycles. The van der Waals surface area contributed by atoms with Gasteiger partial charge in [0.15, 0.2) is 0 Å². The molecule has 2 aromatic carbocycles. The highest BCUT2D eigenvalue weighted by molar-refractivity contribution is 5.36. The van der Waals surface area contributed by atoms with E-state index in [1.54, 1.807) is 6.07 Å². The average molecular weight is 296 g/mol. The lowest BCUT2D eigenvalue weighted by molar-refractivity contribution is -0.275. The van der Waals surface area contributed by atoms with E-state index in [1.165, 1.54) is 18.2 Å². The Bertz CT molecular complexity index is 591. The van der Waals surface area contributed by atoms with Crippen molar-refractivity contribution in [1.82, 2.24) is 0 Å². The fourth-order valence-corrected chi connectivity index (χ4v) is 2.03. The van der Waals surface area contributed by atoms with Gasteiger partial charge >= 0.3 is 6.36 Å². The second-order valence-corrected chi connectivity index (χ2v) is 4.79. The molecule has 21 heavy (non-hydrogen) atoms. The molecule has 0 fully saturated rings. The summed E-state index contributed by atoms with van der Waals surface area (Å²) in [6.07, 6.45) is -5.62. The molecule has 0 aromatic heterocycles. The average Bonchev–Trinajstić information content (AvgIpc) is 2.40. The van der Waals surface area contributed by atoms with E-state index in [2.05, 4.69) is 4.74 Å². The van der Waals surface area contributed by atoms with E-state index >= 15 is 0 Å². The summed E-state index contributed by atoms with van der Waals surface area (Å²) >= 11 is 0. The summed E-state index contributed by atoms with van der Waals surface area (Å²) in [6, 6.07) is 13.1. The molecule has 0 spiro atoms. The Hall–Kier alpha value is -2.01. The second kappa shape index (κ2) is 6.18. The molecule has 0 saturated heterocycles. The minimum absolute atomic E-state index is 0.121. The van der Waals surface area contributed by atoms with Gasteiger partial charge in [-0.2, -0.15) is 0 Å². The van der Waals surface area contributed by atoms with Gasteiger partial charge in [-0.3, -0.25) is 0 Å². The fraction of sp³-hybridized carbons (Fsp3) is 0.250. The van der Waals surface area contributed by atoms with Crippen LogP contribution >= 0.6 is 0 Å². The van der Waals surface area contributed by atoms with Crippen molar-refractivity contribution in [2.45, 2.75) is 25.8 Å². The molecule has 0 saturated carbocycles. The van der Waals surface area contributed by atoms with Crippen molar-refractivity contribution in [2.75, 3.05) is 0 Å². The Morgan fingerprint density at radius 1 is 1.05 bits per heavy atom. The van der Waals surface area contributed by atoms with Crippen molar-refractivity contribution in [1.29, 1.82) is 0 Å². The van der Waals surface area contributed by atoms with E-state index in [4.69, 9.17) is 0 Å². The number of ether oxygens (including phenoxy) is 1. The van der Waals surface area contributed by atoms with Crippen LogP contribution in [0.15, 0.2) is 48.5 Å². The maximum atomic E-state index is 12.4. The van der Waals surface area contributed by atoms with Gasteiger partial charge in [0.1, 0.15) is 5.75 Å². The minimum Gasteiger partial charge on any atom is -0.405 e. The first-order chi connectivity index (χ1) is 9.85. The molecule has 2 aromatic rings. The zero-order chi connectivity index (χ0) is 15.5. The highest BCUT2D eigenvalue weighted by Gasteiger charge is 2.32. The lowest BCUT2D eigenvalue weighted by Gasteiger charge is -2.17. The number of rotatable bonds is 4. The number of aliphatic hydroxyl groups is 1. The molecule has 0 aliphatic rings. The summed E-state index contributed by atoms with van der Waals surface area (Å²) in [6.45, 7) is 1.94. The van der Waals surface area contributed by atoms with E-state index < -0.39 is 12.5 Å². The van der Waals surface area contributed by atoms with Gasteiger partial charge in [0, 0.05) is 12.0 Å². The van der Waals surface area contributed by atoms with E-state index in [-0.39, 0.29) is 17.7 Å². The zero-order valence-corrected chi connectivity index (χ0v) is 11.4. The highest BCUT2D eigenvalue weighted by atomic mass is 19.4. The second-order valence-electron chi connectivity index (χ2n) is 4.79. The van der Waals surface area contributed by atoms with Crippen molar-refractivity contribution in [3.05, 3.63) is 65.2 Å². The Kier molecular flexibility index (Phi) is 4.53. The smallest absolute Gasteiger partial charge is 0.405 e. The minimum atomic E-state index is -4.78. The number of hydrogen-bond acceptors (Lipinski definition) is 2. The lowest BCUT2D eigenvalue weighted by atomic mass is 10.00. The van der Waals surface area contributed by atoms with E-state index in [1.807, 2.05) is 31.2 Å². The Labute approximate surface area is 120 Å². The summed E-state index contributed by atoms with van der Waals surface area (Å²) < 4.78 is 41.0. The third kappa shape index (κ3) is 4.49. The monoisotopic (exact) mass is 296 g/mol. The van der Waals surface area contributed by atoms with Gasteiger partial charge in [-0.25, -0.2) is 0 Å². The van der Waals surface area contributed by atoms with Crippen molar-refractivity contribution in [3.8, 4) is 5.75 Å². The van der Waals surface area contributed by atoms with Crippen LogP contribution in [0.2, 0.25) is 0 Å². The first-order valence-electron chi connectivity index (χ1n) is 6.43. The molecule has 0 aliphatic carbocycles. The maximum absolute atomic E-state index is 12.4. The highest BCUT2D eigenvalue weighted by Crippen LogP contribution is 2.31. The van der Waals surface area contributed by atoms with E-state index in [0.717, 1.165) is 11.1 Å². The number of halogens is 3. The van der Waals surface area contributed by atoms with Gasteiger partial charge in [0.25, 0.3) is 0 Å². The molecule has 2 nitrogen and oxygen atoms in total. The number of alkyl halides is 3. The quantitative estimate of drug-likeness (QED) is 0.917. The van der Waals surface area contributed by atoms with Crippen LogP contribution in [0.1, 0.15) is 22.8 Å². The fourth-order valence-electron chi connectivity index (χ4n) is 2.03. The molecule has 112 valence electrons. The maximum Gasteiger partial charge on any atom is 0.573 e. The van der Waals surface area contributed by atoms with Gasteiger partial charge < -0.3 is 9.84 Å². The van der Waals surface area contributed by atoms with Gasteiger partial charge in [0.05, 0.1) is 6.10 Å². The van der Waals surface area contributed by atoms with Crippen LogP contribution in [0.4, 0.5) is 13.2 Å². The first-order valence-corrected chi connectivity index (χ1v) is 6.43. The third-order valence-corrected chi connectivity index (χ3v) is 3.05. The SMILES string of the molecule is Cc1ccc(CC(O)c2ccccc2OC(F)(F)F)cc1. The molecule has 5 heteroatoms. The van der Waals surface area contributed by atoms with Crippen molar-refractivity contribution in [3.63, 3.8) is 0 Å². The molecule has 0 bridgehead atoms. The van der Waals surface area contributed by atoms with Crippen LogP contribution in [-0.4, -0.2) is 11.5 Å². The first kappa shape index (κ1) is 15.4. The summed E-state index contributed by atoms with van der Waals surface area (Å²) in [5, 5.41) is 10.2. The van der Waals surface area contributed by atoms with Gasteiger partial charge in [0.2, 0.25) is 0 Å². The van der Waals surface area contributed by atoms with Crippen LogP contribution in [0.25, 0.3) is 0 Å². The number of para-hydroxylation sites is 1. The van der Waals surface area contributed by atoms with E-state index in [9.17, 15) is 18.3 Å². The van der Waals surface area contributed by atoms with Gasteiger partial charge in [-0.05, 0) is 18.6 Å². The van der Waals surface area contributed by atoms with Crippen LogP contribution in [0.5, 0.6) is 5.75 Å². The molecular weight excluding hydrogens is 281 g/mol. The lowest BCUT2D eigenvalue weighted by Crippen LogP contribution is -2.19. The zero-order valence-electron chi connectivity index (χ0n) is 11.4. The van der Waals surface area contributed by atoms with Crippen molar-refractivity contribution in [2.24, 2.45) is 0 Å². The molecule has 0 radical (unpaired) electrons. The van der Waals surface area contributed by atoms with Gasteiger partial charge in [-0.15, -0.1) is 13.2 Å². The predicted octanol–water partition coefficient (Wildman–Crippen LogP) is 4.17. The molecule has 0 amide bonds. The standard InChI is InChI=1S/C16H15F3O2/c1-11-6-8-12(9-7-11)10-14(20)13-4-2-3-5-15(13)21-16(17,18)19/h2-9,14,20H,10H2,1H3.